The van der Waals surface area contributed by atoms with Gasteiger partial charge in [-0.15, -0.1) is 0 Å². The second-order valence-corrected chi connectivity index (χ2v) is 0.789. The van der Waals surface area contributed by atoms with E-state index in [0.717, 1.165) is 0 Å². The summed E-state index contributed by atoms with van der Waals surface area (Å²) in [4.78, 5) is -0.0347. The molecule has 0 unspecified atom stereocenters. The van der Waals surface area contributed by atoms with Crippen LogP contribution in [0.15, 0.2) is 0 Å². The fraction of sp³-hybridized carbons (Fsp3) is 0. The Labute approximate surface area is 37.3 Å². The lowest BCUT2D eigenvalue weighted by atomic mass is 12.5. The summed E-state index contributed by atoms with van der Waals surface area (Å²) in [6, 6.07) is 0. The molecular formula is HN5O2. The van der Waals surface area contributed by atoms with Crippen molar-refractivity contribution in [1.82, 2.24) is 20.6 Å². The average Bonchev–Trinajstić information content (AvgIpc) is 1.87. The third-order valence-electron chi connectivity index (χ3n) is 0.353. The van der Waals surface area contributed by atoms with Crippen LogP contribution in [-0.2, 0) is 0 Å². The lowest BCUT2D eigenvalue weighted by Gasteiger charge is -1.78. The Morgan fingerprint density at radius 2 is 2.43 bits per heavy atom. The van der Waals surface area contributed by atoms with Crippen molar-refractivity contribution in [3.05, 3.63) is 5.21 Å². The van der Waals surface area contributed by atoms with Gasteiger partial charge in [0.2, 0.25) is 10.2 Å². The van der Waals surface area contributed by atoms with Crippen molar-refractivity contribution in [2.75, 3.05) is 0 Å². The van der Waals surface area contributed by atoms with Gasteiger partial charge in [0, 0.05) is 0 Å². The standard InChI is InChI=1S/HN5O2/c6-4-1-2-5(7)3-4/h6H. The first kappa shape index (κ1) is 3.78. The summed E-state index contributed by atoms with van der Waals surface area (Å²) in [7, 11) is 0. The highest BCUT2D eigenvalue weighted by Crippen LogP contribution is 1.45. The molecule has 1 aromatic rings. The van der Waals surface area contributed by atoms with Crippen molar-refractivity contribution in [3.63, 3.8) is 0 Å². The Morgan fingerprint density at radius 1 is 1.71 bits per heavy atom. The monoisotopic (exact) mass is 103 g/mol. The van der Waals surface area contributed by atoms with Crippen LogP contribution < -0.4 is 4.96 Å². The minimum atomic E-state index is -0.111. The zero-order chi connectivity index (χ0) is 5.28. The maximum absolute atomic E-state index is 9.74. The minimum absolute atomic E-state index is 0.0764. The van der Waals surface area contributed by atoms with Crippen LogP contribution in [0.3, 0.4) is 0 Å². The smallest absolute Gasteiger partial charge is 0.232 e. The Kier molecular flexibility index (Phi) is 0.557. The molecule has 1 aromatic heterocycles. The maximum Gasteiger partial charge on any atom is 0.232 e. The summed E-state index contributed by atoms with van der Waals surface area (Å²) in [6.07, 6.45) is 0. The molecule has 7 heteroatoms. The number of rotatable bonds is 0. The van der Waals surface area contributed by atoms with Gasteiger partial charge in [-0.25, -0.2) is 0 Å². The summed E-state index contributed by atoms with van der Waals surface area (Å²) < 4.78 is 0. The van der Waals surface area contributed by atoms with Crippen LogP contribution in [0.1, 0.15) is 0 Å². The third-order valence-corrected chi connectivity index (χ3v) is 0.353. The molecule has 7 heavy (non-hydrogen) atoms. The maximum atomic E-state index is 9.74. The zero-order valence-corrected chi connectivity index (χ0v) is 3.09. The van der Waals surface area contributed by atoms with E-state index in [4.69, 9.17) is 5.21 Å². The fourth-order valence-electron chi connectivity index (χ4n) is 0.174. The molecule has 0 spiro atoms. The molecule has 1 N–H and O–H groups in total. The zero-order valence-electron chi connectivity index (χ0n) is 3.09. The van der Waals surface area contributed by atoms with Gasteiger partial charge in [0.1, 0.15) is 10.4 Å². The molecule has 0 bridgehead atoms. The highest BCUT2D eigenvalue weighted by atomic mass is 16.6. The summed E-state index contributed by atoms with van der Waals surface area (Å²) in [5, 5.41) is 26.0. The largest absolute Gasteiger partial charge is 0.703 e. The van der Waals surface area contributed by atoms with Crippen LogP contribution in [0.25, 0.3) is 0 Å². The van der Waals surface area contributed by atoms with Gasteiger partial charge in [0.25, 0.3) is 0 Å². The molecule has 0 aliphatic rings. The van der Waals surface area contributed by atoms with Gasteiger partial charge in [-0.3, -0.25) is 0 Å². The first-order valence-electron chi connectivity index (χ1n) is 1.38. The van der Waals surface area contributed by atoms with E-state index in [1.165, 1.54) is 0 Å². The van der Waals surface area contributed by atoms with Crippen LogP contribution in [0.2, 0.25) is 0 Å². The van der Waals surface area contributed by atoms with Gasteiger partial charge in [-0.1, -0.05) is 0 Å². The highest BCUT2D eigenvalue weighted by molar-refractivity contribution is 3.88. The lowest BCUT2D eigenvalue weighted by molar-refractivity contribution is -0.731. The number of hydrogen-bond donors (Lipinski definition) is 1. The van der Waals surface area contributed by atoms with E-state index in [0.29, 0.717) is 0 Å². The van der Waals surface area contributed by atoms with Gasteiger partial charge in [0.15, 0.2) is 0 Å². The van der Waals surface area contributed by atoms with Gasteiger partial charge < -0.3 is 10.4 Å². The predicted octanol–water partition coefficient (Wildman–Crippen LogP) is -2.46. The predicted molar refractivity (Wildman–Crippen MR) is 14.0 cm³/mol. The Morgan fingerprint density at radius 3 is 2.57 bits per heavy atom. The molecular weight excluding hydrogens is 102 g/mol. The molecule has 7 nitrogen and oxygen atoms in total. The van der Waals surface area contributed by atoms with E-state index in [1.807, 2.05) is 0 Å². The van der Waals surface area contributed by atoms with Gasteiger partial charge in [-0.05, 0) is 4.96 Å². The number of nitrogens with zero attached hydrogens (tertiary/aromatic N) is 5. The molecule has 0 radical (unpaired) electrons. The minimum Gasteiger partial charge on any atom is -0.703 e. The van der Waals surface area contributed by atoms with Crippen molar-refractivity contribution in [1.29, 1.82) is 0 Å². The normalized spacial score (nSPS) is 9.14. The van der Waals surface area contributed by atoms with Gasteiger partial charge >= 0.3 is 0 Å². The highest BCUT2D eigenvalue weighted by Gasteiger charge is 1.95. The fourth-order valence-corrected chi connectivity index (χ4v) is 0.174. The summed E-state index contributed by atoms with van der Waals surface area (Å²) in [6.45, 7) is 0. The molecule has 1 rings (SSSR count). The van der Waals surface area contributed by atoms with Crippen LogP contribution in [0, 0.1) is 5.21 Å². The van der Waals surface area contributed by atoms with Gasteiger partial charge in [-0.2, -0.15) is 0 Å². The summed E-state index contributed by atoms with van der Waals surface area (Å²) in [5.74, 6) is 0. The number of aromatic nitrogens is 5. The SMILES string of the molecule is [O-][n+]1nnn(O)n1. The average molecular weight is 103 g/mol. The van der Waals surface area contributed by atoms with E-state index in [1.54, 1.807) is 0 Å². The molecule has 0 aromatic carbocycles. The van der Waals surface area contributed by atoms with Crippen LogP contribution in [0.5, 0.6) is 0 Å². The van der Waals surface area contributed by atoms with Crippen molar-refractivity contribution in [2.24, 2.45) is 0 Å². The molecule has 0 amide bonds. The quantitative estimate of drug-likeness (QED) is 0.223. The second-order valence-electron chi connectivity index (χ2n) is 0.789. The first-order chi connectivity index (χ1) is 3.29. The molecule has 1 heterocycles. The summed E-state index contributed by atoms with van der Waals surface area (Å²) >= 11 is 0. The van der Waals surface area contributed by atoms with Crippen LogP contribution in [-0.4, -0.2) is 25.8 Å². The molecule has 0 saturated heterocycles. The summed E-state index contributed by atoms with van der Waals surface area (Å²) in [5.41, 5.74) is 0. The molecule has 0 aliphatic heterocycles. The van der Waals surface area contributed by atoms with Crippen molar-refractivity contribution in [2.45, 2.75) is 0 Å². The number of hydrogen-bond acceptors (Lipinski definition) is 5. The Balaban J connectivity index is 3.04. The van der Waals surface area contributed by atoms with Crippen molar-refractivity contribution >= 4 is 0 Å². The van der Waals surface area contributed by atoms with Crippen molar-refractivity contribution < 1.29 is 10.2 Å². The Bertz CT molecular complexity index is 138. The first-order valence-corrected chi connectivity index (χ1v) is 1.38. The second kappa shape index (κ2) is 1.03. The third kappa shape index (κ3) is 0.538. The molecule has 0 fully saturated rings. The Hall–Kier alpha value is -1.40. The van der Waals surface area contributed by atoms with Gasteiger partial charge in [0.05, 0.1) is 0 Å². The molecule has 38 valence electrons. The molecule has 0 aliphatic carbocycles. The van der Waals surface area contributed by atoms with Crippen LogP contribution in [0.4, 0.5) is 0 Å². The van der Waals surface area contributed by atoms with E-state index >= 15 is 0 Å². The van der Waals surface area contributed by atoms with E-state index in [2.05, 4.69) is 15.6 Å². The van der Waals surface area contributed by atoms with E-state index in [-0.39, 0.29) is 9.92 Å². The van der Waals surface area contributed by atoms with Crippen molar-refractivity contribution in [3.8, 4) is 0 Å². The van der Waals surface area contributed by atoms with E-state index < -0.39 is 0 Å². The molecule has 0 atom stereocenters. The van der Waals surface area contributed by atoms with E-state index in [9.17, 15) is 5.21 Å². The topological polar surface area (TPSA) is 90.8 Å². The lowest BCUT2D eigenvalue weighted by Crippen LogP contribution is -2.32. The van der Waals surface area contributed by atoms with Crippen LogP contribution >= 0.6 is 0 Å². The molecule has 0 saturated carbocycles.